The van der Waals surface area contributed by atoms with E-state index in [1.54, 1.807) is 37.0 Å². The molecule has 0 saturated heterocycles. The smallest absolute Gasteiger partial charge is 0.257 e. The number of ether oxygens (including phenoxy) is 4. The van der Waals surface area contributed by atoms with Crippen LogP contribution in [0.5, 0.6) is 23.0 Å². The summed E-state index contributed by atoms with van der Waals surface area (Å²) in [7, 11) is 3.13. The number of fused-ring (bicyclic) bond motifs is 2. The summed E-state index contributed by atoms with van der Waals surface area (Å²) in [6, 6.07) is 8.86. The van der Waals surface area contributed by atoms with E-state index in [4.69, 9.17) is 18.9 Å². The van der Waals surface area contributed by atoms with Crippen molar-refractivity contribution in [2.24, 2.45) is 0 Å². The van der Waals surface area contributed by atoms with E-state index >= 15 is 0 Å². The number of nitrogens with zero attached hydrogens (tertiary/aromatic N) is 1. The SMILES string of the molecule is CCn1cc(C(=O)NCC(=O)NCCc2ccc(OC)c(OC)c2)c(=O)c2cc3c(cc21)OCO3. The molecule has 184 valence electrons. The molecule has 0 saturated carbocycles. The molecule has 2 amide bonds. The van der Waals surface area contributed by atoms with E-state index in [0.29, 0.717) is 53.4 Å². The Bertz CT molecular complexity index is 1330. The van der Waals surface area contributed by atoms with Crippen LogP contribution in [0.15, 0.2) is 41.3 Å². The molecule has 0 bridgehead atoms. The average molecular weight is 482 g/mol. The van der Waals surface area contributed by atoms with E-state index in [9.17, 15) is 14.4 Å². The number of hydrogen-bond acceptors (Lipinski definition) is 7. The van der Waals surface area contributed by atoms with Crippen molar-refractivity contribution < 1.29 is 28.5 Å². The molecule has 0 atom stereocenters. The summed E-state index contributed by atoms with van der Waals surface area (Å²) in [6.07, 6.45) is 2.07. The third-order valence-corrected chi connectivity index (χ3v) is 5.75. The Hall–Kier alpha value is -4.21. The van der Waals surface area contributed by atoms with Crippen molar-refractivity contribution in [3.63, 3.8) is 0 Å². The lowest BCUT2D eigenvalue weighted by Gasteiger charge is -2.13. The number of carbonyl (C=O) groups is 2. The molecule has 1 aliphatic rings. The van der Waals surface area contributed by atoms with Gasteiger partial charge in [-0.05, 0) is 37.1 Å². The Labute approximate surface area is 201 Å². The summed E-state index contributed by atoms with van der Waals surface area (Å²) in [4.78, 5) is 38.0. The second kappa shape index (κ2) is 10.4. The molecule has 2 heterocycles. The maximum atomic E-state index is 13.0. The van der Waals surface area contributed by atoms with Crippen molar-refractivity contribution in [2.75, 3.05) is 34.1 Å². The van der Waals surface area contributed by atoms with Gasteiger partial charge in [0.25, 0.3) is 5.91 Å². The molecule has 3 aromatic rings. The standard InChI is InChI=1S/C25H27N3O7/c1-4-28-13-17(24(30)16-10-21-22(11-18(16)28)35-14-34-21)25(31)27-12-23(29)26-8-7-15-5-6-19(32-2)20(9-15)33-3/h5-6,9-11,13H,4,7-8,12,14H2,1-3H3,(H,26,29)(H,27,31). The van der Waals surface area contributed by atoms with Gasteiger partial charge in [0, 0.05) is 25.4 Å². The van der Waals surface area contributed by atoms with Gasteiger partial charge >= 0.3 is 0 Å². The first-order chi connectivity index (χ1) is 16.9. The Morgan fingerprint density at radius 3 is 2.49 bits per heavy atom. The lowest BCUT2D eigenvalue weighted by molar-refractivity contribution is -0.120. The Balaban J connectivity index is 1.38. The number of nitrogens with one attached hydrogen (secondary N) is 2. The maximum Gasteiger partial charge on any atom is 0.257 e. The maximum absolute atomic E-state index is 13.0. The van der Waals surface area contributed by atoms with Crippen molar-refractivity contribution in [3.8, 4) is 23.0 Å². The molecule has 10 heteroatoms. The van der Waals surface area contributed by atoms with Crippen molar-refractivity contribution in [3.05, 3.63) is 57.9 Å². The van der Waals surface area contributed by atoms with Crippen molar-refractivity contribution in [1.82, 2.24) is 15.2 Å². The van der Waals surface area contributed by atoms with E-state index in [0.717, 1.165) is 5.56 Å². The highest BCUT2D eigenvalue weighted by molar-refractivity contribution is 5.99. The fourth-order valence-electron chi connectivity index (χ4n) is 3.90. The van der Waals surface area contributed by atoms with Gasteiger partial charge < -0.3 is 34.1 Å². The van der Waals surface area contributed by atoms with E-state index in [2.05, 4.69) is 10.6 Å². The van der Waals surface area contributed by atoms with E-state index < -0.39 is 11.3 Å². The van der Waals surface area contributed by atoms with Crippen molar-refractivity contribution in [1.29, 1.82) is 0 Å². The number of pyridine rings is 1. The zero-order valence-electron chi connectivity index (χ0n) is 19.8. The van der Waals surface area contributed by atoms with Crippen LogP contribution < -0.4 is 35.0 Å². The van der Waals surface area contributed by atoms with Gasteiger partial charge in [0.05, 0.1) is 31.7 Å². The number of methoxy groups -OCH3 is 2. The monoisotopic (exact) mass is 481 g/mol. The molecule has 35 heavy (non-hydrogen) atoms. The van der Waals surface area contributed by atoms with E-state index in [1.165, 1.54) is 6.20 Å². The van der Waals surface area contributed by atoms with Gasteiger partial charge in [-0.2, -0.15) is 0 Å². The number of benzene rings is 2. The number of rotatable bonds is 9. The van der Waals surface area contributed by atoms with Gasteiger partial charge in [0.2, 0.25) is 18.1 Å². The minimum Gasteiger partial charge on any atom is -0.493 e. The van der Waals surface area contributed by atoms with Gasteiger partial charge in [-0.25, -0.2) is 0 Å². The summed E-state index contributed by atoms with van der Waals surface area (Å²) in [5.41, 5.74) is 1.13. The average Bonchev–Trinajstić information content (AvgIpc) is 3.34. The zero-order valence-corrected chi connectivity index (χ0v) is 19.8. The van der Waals surface area contributed by atoms with Crippen LogP contribution in [0.4, 0.5) is 0 Å². The van der Waals surface area contributed by atoms with Crippen LogP contribution in [0.2, 0.25) is 0 Å². The molecule has 2 aromatic carbocycles. The quantitative estimate of drug-likeness (QED) is 0.479. The molecular weight excluding hydrogens is 454 g/mol. The van der Waals surface area contributed by atoms with Crippen LogP contribution in [0, 0.1) is 0 Å². The molecular formula is C25H27N3O7. The van der Waals surface area contributed by atoms with E-state index in [1.807, 2.05) is 19.1 Å². The van der Waals surface area contributed by atoms with Gasteiger partial charge in [0.15, 0.2) is 23.0 Å². The molecule has 1 aliphatic heterocycles. The minimum atomic E-state index is -0.619. The van der Waals surface area contributed by atoms with Crippen LogP contribution >= 0.6 is 0 Å². The largest absolute Gasteiger partial charge is 0.493 e. The van der Waals surface area contributed by atoms with E-state index in [-0.39, 0.29) is 24.8 Å². The summed E-state index contributed by atoms with van der Waals surface area (Å²) >= 11 is 0. The van der Waals surface area contributed by atoms with Gasteiger partial charge in [0.1, 0.15) is 5.56 Å². The van der Waals surface area contributed by atoms with Gasteiger partial charge in [-0.1, -0.05) is 6.07 Å². The third-order valence-electron chi connectivity index (χ3n) is 5.75. The fourth-order valence-corrected chi connectivity index (χ4v) is 3.90. The number of aryl methyl sites for hydroxylation is 1. The second-order valence-corrected chi connectivity index (χ2v) is 7.85. The van der Waals surface area contributed by atoms with Gasteiger partial charge in [-0.15, -0.1) is 0 Å². The summed E-state index contributed by atoms with van der Waals surface area (Å²) in [6.45, 7) is 2.64. The summed E-state index contributed by atoms with van der Waals surface area (Å²) in [5, 5.41) is 5.64. The molecule has 4 rings (SSSR count). The third kappa shape index (κ3) is 5.01. The fraction of sp³-hybridized carbons (Fsp3) is 0.320. The van der Waals surface area contributed by atoms with Crippen LogP contribution in [0.1, 0.15) is 22.8 Å². The van der Waals surface area contributed by atoms with Crippen LogP contribution in [0.25, 0.3) is 10.9 Å². The molecule has 0 unspecified atom stereocenters. The zero-order chi connectivity index (χ0) is 24.9. The number of aromatic nitrogens is 1. The molecule has 2 N–H and O–H groups in total. The first kappa shape index (κ1) is 23.9. The number of amides is 2. The van der Waals surface area contributed by atoms with Crippen LogP contribution in [0.3, 0.4) is 0 Å². The highest BCUT2D eigenvalue weighted by Crippen LogP contribution is 2.35. The minimum absolute atomic E-state index is 0.0451. The van der Waals surface area contributed by atoms with Crippen molar-refractivity contribution >= 4 is 22.7 Å². The Kier molecular flexibility index (Phi) is 7.09. The summed E-state index contributed by atoms with van der Waals surface area (Å²) < 4.78 is 23.1. The van der Waals surface area contributed by atoms with Crippen LogP contribution in [-0.4, -0.2) is 50.5 Å². The number of hydrogen-bond donors (Lipinski definition) is 2. The molecule has 0 radical (unpaired) electrons. The summed E-state index contributed by atoms with van der Waals surface area (Å²) in [5.74, 6) is 1.28. The lowest BCUT2D eigenvalue weighted by atomic mass is 10.1. The number of carbonyl (C=O) groups excluding carboxylic acids is 2. The highest BCUT2D eigenvalue weighted by atomic mass is 16.7. The molecule has 0 aliphatic carbocycles. The first-order valence-corrected chi connectivity index (χ1v) is 11.2. The first-order valence-electron chi connectivity index (χ1n) is 11.2. The molecule has 10 nitrogen and oxygen atoms in total. The predicted octanol–water partition coefficient (Wildman–Crippen LogP) is 1.86. The normalized spacial score (nSPS) is 11.9. The van der Waals surface area contributed by atoms with Gasteiger partial charge in [-0.3, -0.25) is 14.4 Å². The molecule has 0 spiro atoms. The Morgan fingerprint density at radius 2 is 1.77 bits per heavy atom. The highest BCUT2D eigenvalue weighted by Gasteiger charge is 2.21. The van der Waals surface area contributed by atoms with Crippen LogP contribution in [-0.2, 0) is 17.8 Å². The Morgan fingerprint density at radius 1 is 1.03 bits per heavy atom. The molecule has 0 fully saturated rings. The van der Waals surface area contributed by atoms with Crippen molar-refractivity contribution in [2.45, 2.75) is 19.9 Å². The topological polar surface area (TPSA) is 117 Å². The second-order valence-electron chi connectivity index (χ2n) is 7.85. The predicted molar refractivity (Wildman–Crippen MR) is 129 cm³/mol. The lowest BCUT2D eigenvalue weighted by Crippen LogP contribution is -2.39. The molecule has 1 aromatic heterocycles.